The summed E-state index contributed by atoms with van der Waals surface area (Å²) in [6, 6.07) is 10.6. The highest BCUT2D eigenvalue weighted by Gasteiger charge is 2.20. The second kappa shape index (κ2) is 6.19. The summed E-state index contributed by atoms with van der Waals surface area (Å²) in [5.41, 5.74) is 2.71. The number of anilines is 1. The van der Waals surface area contributed by atoms with Gasteiger partial charge in [0.15, 0.2) is 0 Å². The lowest BCUT2D eigenvalue weighted by atomic mass is 9.91. The summed E-state index contributed by atoms with van der Waals surface area (Å²) < 4.78 is 50.7. The average molecular weight is 366 g/mol. The number of sulfonamides is 2. The normalized spacial score (nSPS) is 14.9. The molecule has 0 saturated heterocycles. The Morgan fingerprint density at radius 3 is 2.29 bits per heavy atom. The number of aryl methyl sites for hydroxylation is 1. The highest BCUT2D eigenvalue weighted by molar-refractivity contribution is 7.93. The first-order valence-electron chi connectivity index (χ1n) is 7.54. The van der Waals surface area contributed by atoms with Crippen LogP contribution in [-0.4, -0.2) is 16.8 Å². The third-order valence-corrected chi connectivity index (χ3v) is 6.36. The third-order valence-electron chi connectivity index (χ3n) is 4.08. The first kappa shape index (κ1) is 16.9. The van der Waals surface area contributed by atoms with Crippen molar-refractivity contribution >= 4 is 25.7 Å². The quantitative estimate of drug-likeness (QED) is 0.863. The van der Waals surface area contributed by atoms with E-state index in [1.807, 2.05) is 12.1 Å². The van der Waals surface area contributed by atoms with Crippen LogP contribution in [0.4, 0.5) is 5.69 Å². The minimum atomic E-state index is -3.97. The third kappa shape index (κ3) is 3.45. The van der Waals surface area contributed by atoms with E-state index in [0.717, 1.165) is 42.9 Å². The first-order chi connectivity index (χ1) is 11.3. The van der Waals surface area contributed by atoms with Crippen LogP contribution in [0.2, 0.25) is 0 Å². The van der Waals surface area contributed by atoms with Crippen LogP contribution in [0.25, 0.3) is 0 Å². The minimum Gasteiger partial charge on any atom is -0.279 e. The fraction of sp³-hybridized carbons (Fsp3) is 0.250. The Labute approximate surface area is 141 Å². The summed E-state index contributed by atoms with van der Waals surface area (Å²) in [4.78, 5) is -0.372. The van der Waals surface area contributed by atoms with Gasteiger partial charge >= 0.3 is 0 Å². The van der Waals surface area contributed by atoms with E-state index in [4.69, 9.17) is 5.14 Å². The molecule has 3 N–H and O–H groups in total. The SMILES string of the molecule is NS(=O)(=O)c1cccc(S(=O)(=O)Nc2cccc3c2CCCC3)c1. The summed E-state index contributed by atoms with van der Waals surface area (Å²) in [5, 5.41) is 5.07. The summed E-state index contributed by atoms with van der Waals surface area (Å²) in [5.74, 6) is 0. The van der Waals surface area contributed by atoms with Crippen LogP contribution >= 0.6 is 0 Å². The van der Waals surface area contributed by atoms with Crippen molar-refractivity contribution in [1.29, 1.82) is 0 Å². The van der Waals surface area contributed by atoms with E-state index in [1.54, 1.807) is 6.07 Å². The van der Waals surface area contributed by atoms with Gasteiger partial charge in [0.05, 0.1) is 15.5 Å². The molecule has 0 saturated carbocycles. The predicted octanol–water partition coefficient (Wildman–Crippen LogP) is 2.01. The minimum absolute atomic E-state index is 0.137. The summed E-state index contributed by atoms with van der Waals surface area (Å²) in [6.07, 6.45) is 3.88. The molecule has 0 heterocycles. The molecule has 0 spiro atoms. The van der Waals surface area contributed by atoms with Crippen LogP contribution in [0.1, 0.15) is 24.0 Å². The maximum absolute atomic E-state index is 12.6. The van der Waals surface area contributed by atoms with Crippen LogP contribution < -0.4 is 9.86 Å². The van der Waals surface area contributed by atoms with Gasteiger partial charge in [-0.05, 0) is 61.1 Å². The molecule has 24 heavy (non-hydrogen) atoms. The zero-order valence-electron chi connectivity index (χ0n) is 12.9. The van der Waals surface area contributed by atoms with Crippen molar-refractivity contribution in [3.8, 4) is 0 Å². The van der Waals surface area contributed by atoms with Gasteiger partial charge in [0.2, 0.25) is 10.0 Å². The summed E-state index contributed by atoms with van der Waals surface area (Å²) in [7, 11) is -7.86. The predicted molar refractivity (Wildman–Crippen MR) is 91.7 cm³/mol. The standard InChI is InChI=1S/C16H18N2O4S2/c17-23(19,20)13-7-4-8-14(11-13)24(21,22)18-16-10-3-6-12-5-1-2-9-15(12)16/h3-4,6-8,10-11,18H,1-2,5,9H2,(H2,17,19,20). The van der Waals surface area contributed by atoms with Gasteiger partial charge in [-0.2, -0.15) is 0 Å². The number of fused-ring (bicyclic) bond motifs is 1. The zero-order chi connectivity index (χ0) is 17.4. The lowest BCUT2D eigenvalue weighted by molar-refractivity contribution is 0.597. The van der Waals surface area contributed by atoms with Gasteiger partial charge < -0.3 is 0 Å². The molecule has 0 unspecified atom stereocenters. The van der Waals surface area contributed by atoms with Crippen molar-refractivity contribution in [3.05, 3.63) is 53.6 Å². The van der Waals surface area contributed by atoms with Crippen LogP contribution in [-0.2, 0) is 32.9 Å². The number of benzene rings is 2. The lowest BCUT2D eigenvalue weighted by Gasteiger charge is -2.20. The van der Waals surface area contributed by atoms with Crippen LogP contribution in [0.15, 0.2) is 52.3 Å². The van der Waals surface area contributed by atoms with Gasteiger partial charge in [0, 0.05) is 0 Å². The average Bonchev–Trinajstić information content (AvgIpc) is 2.54. The number of rotatable bonds is 4. The number of nitrogens with one attached hydrogen (secondary N) is 1. The molecule has 8 heteroatoms. The fourth-order valence-electron chi connectivity index (χ4n) is 2.90. The monoisotopic (exact) mass is 366 g/mol. The van der Waals surface area contributed by atoms with E-state index in [2.05, 4.69) is 4.72 Å². The molecule has 128 valence electrons. The van der Waals surface area contributed by atoms with Gasteiger partial charge in [0.1, 0.15) is 0 Å². The first-order valence-corrected chi connectivity index (χ1v) is 10.6. The number of primary sulfonamides is 1. The van der Waals surface area contributed by atoms with E-state index >= 15 is 0 Å². The molecule has 3 rings (SSSR count). The Morgan fingerprint density at radius 1 is 0.875 bits per heavy atom. The molecule has 0 bridgehead atoms. The van der Waals surface area contributed by atoms with Gasteiger partial charge in [0.25, 0.3) is 10.0 Å². The molecule has 0 fully saturated rings. The molecular formula is C16H18N2O4S2. The van der Waals surface area contributed by atoms with E-state index in [-0.39, 0.29) is 9.79 Å². The number of nitrogens with two attached hydrogens (primary N) is 1. The van der Waals surface area contributed by atoms with Crippen molar-refractivity contribution in [2.24, 2.45) is 5.14 Å². The Morgan fingerprint density at radius 2 is 1.54 bits per heavy atom. The van der Waals surface area contributed by atoms with Crippen LogP contribution in [0.3, 0.4) is 0 Å². The van der Waals surface area contributed by atoms with Crippen molar-refractivity contribution in [2.45, 2.75) is 35.5 Å². The topological polar surface area (TPSA) is 106 Å². The van der Waals surface area contributed by atoms with Crippen LogP contribution in [0, 0.1) is 0 Å². The zero-order valence-corrected chi connectivity index (χ0v) is 14.5. The maximum atomic E-state index is 12.6. The summed E-state index contributed by atoms with van der Waals surface area (Å²) in [6.45, 7) is 0. The Kier molecular flexibility index (Phi) is 4.37. The van der Waals surface area contributed by atoms with Crippen molar-refractivity contribution in [2.75, 3.05) is 4.72 Å². The van der Waals surface area contributed by atoms with Gasteiger partial charge in [-0.3, -0.25) is 4.72 Å². The number of hydrogen-bond acceptors (Lipinski definition) is 4. The Balaban J connectivity index is 1.99. The molecule has 1 aliphatic carbocycles. The summed E-state index contributed by atoms with van der Waals surface area (Å²) >= 11 is 0. The van der Waals surface area contributed by atoms with Gasteiger partial charge in [-0.15, -0.1) is 0 Å². The molecular weight excluding hydrogens is 348 g/mol. The second-order valence-corrected chi connectivity index (χ2v) is 9.02. The Bertz CT molecular complexity index is 983. The largest absolute Gasteiger partial charge is 0.279 e. The second-order valence-electron chi connectivity index (χ2n) is 5.78. The van der Waals surface area contributed by atoms with Gasteiger partial charge in [-0.1, -0.05) is 18.2 Å². The molecule has 0 aliphatic heterocycles. The molecule has 1 aliphatic rings. The highest BCUT2D eigenvalue weighted by atomic mass is 32.2. The molecule has 0 atom stereocenters. The van der Waals surface area contributed by atoms with E-state index in [9.17, 15) is 16.8 Å². The number of hydrogen-bond donors (Lipinski definition) is 2. The molecule has 2 aromatic rings. The lowest BCUT2D eigenvalue weighted by Crippen LogP contribution is -2.17. The molecule has 0 aromatic heterocycles. The molecule has 2 aromatic carbocycles. The van der Waals surface area contributed by atoms with E-state index < -0.39 is 20.0 Å². The van der Waals surface area contributed by atoms with Gasteiger partial charge in [-0.25, -0.2) is 22.0 Å². The van der Waals surface area contributed by atoms with E-state index in [0.29, 0.717) is 5.69 Å². The van der Waals surface area contributed by atoms with Crippen molar-refractivity contribution < 1.29 is 16.8 Å². The molecule has 6 nitrogen and oxygen atoms in total. The molecule has 0 amide bonds. The smallest absolute Gasteiger partial charge is 0.261 e. The van der Waals surface area contributed by atoms with Crippen LogP contribution in [0.5, 0.6) is 0 Å². The van der Waals surface area contributed by atoms with E-state index in [1.165, 1.54) is 18.2 Å². The Hall–Kier alpha value is -1.90. The highest BCUT2D eigenvalue weighted by Crippen LogP contribution is 2.29. The van der Waals surface area contributed by atoms with Crippen molar-refractivity contribution in [3.63, 3.8) is 0 Å². The van der Waals surface area contributed by atoms with Crippen molar-refractivity contribution in [1.82, 2.24) is 0 Å². The fourth-order valence-corrected chi connectivity index (χ4v) is 4.67. The maximum Gasteiger partial charge on any atom is 0.261 e. The molecule has 0 radical (unpaired) electrons.